The van der Waals surface area contributed by atoms with Gasteiger partial charge < -0.3 is 10.1 Å². The largest absolute Gasteiger partial charge is 0.452 e. The number of esters is 1. The Morgan fingerprint density at radius 1 is 1.08 bits per heavy atom. The fraction of sp³-hybridized carbons (Fsp3) is 0.176. The Labute approximate surface area is 146 Å². The SMILES string of the molecule is CNC(=O)COC(=O)c1cccc(S(=O)(=O)Nc2cccc(C)c2)c1. The first-order chi connectivity index (χ1) is 11.8. The predicted octanol–water partition coefficient (Wildman–Crippen LogP) is 1.70. The first kappa shape index (κ1) is 18.5. The zero-order valence-corrected chi connectivity index (χ0v) is 14.6. The van der Waals surface area contributed by atoms with Crippen LogP contribution in [0, 0.1) is 6.92 Å². The maximum Gasteiger partial charge on any atom is 0.338 e. The number of rotatable bonds is 6. The molecule has 0 fully saturated rings. The van der Waals surface area contributed by atoms with Crippen LogP contribution in [0.1, 0.15) is 15.9 Å². The molecule has 0 bridgehead atoms. The third kappa shape index (κ3) is 5.05. The summed E-state index contributed by atoms with van der Waals surface area (Å²) in [6.07, 6.45) is 0. The number of benzene rings is 2. The van der Waals surface area contributed by atoms with Gasteiger partial charge in [-0.25, -0.2) is 13.2 Å². The molecule has 0 aliphatic rings. The molecule has 0 unspecified atom stereocenters. The van der Waals surface area contributed by atoms with Crippen LogP contribution >= 0.6 is 0 Å². The number of carbonyl (C=O) groups excluding carboxylic acids is 2. The molecule has 0 saturated carbocycles. The Hall–Kier alpha value is -2.87. The molecule has 0 heterocycles. The Kier molecular flexibility index (Phi) is 5.76. The van der Waals surface area contributed by atoms with Crippen molar-refractivity contribution in [1.82, 2.24) is 5.32 Å². The first-order valence-electron chi connectivity index (χ1n) is 7.39. The average Bonchev–Trinajstić information content (AvgIpc) is 2.59. The number of sulfonamides is 1. The standard InChI is InChI=1S/C17H18N2O5S/c1-12-5-3-7-14(9-12)19-25(22,23)15-8-4-6-13(10-15)17(21)24-11-16(20)18-2/h3-10,19H,11H2,1-2H3,(H,18,20). The van der Waals surface area contributed by atoms with Crippen LogP contribution in [0.15, 0.2) is 53.4 Å². The summed E-state index contributed by atoms with van der Waals surface area (Å²) in [6.45, 7) is 1.41. The van der Waals surface area contributed by atoms with E-state index in [0.717, 1.165) is 5.56 Å². The van der Waals surface area contributed by atoms with Crippen molar-refractivity contribution < 1.29 is 22.7 Å². The number of carbonyl (C=O) groups is 2. The fourth-order valence-electron chi connectivity index (χ4n) is 2.00. The van der Waals surface area contributed by atoms with Gasteiger partial charge in [-0.2, -0.15) is 0 Å². The zero-order valence-electron chi connectivity index (χ0n) is 13.8. The quantitative estimate of drug-likeness (QED) is 0.762. The molecule has 0 radical (unpaired) electrons. The summed E-state index contributed by atoms with van der Waals surface area (Å²) in [4.78, 5) is 23.0. The van der Waals surface area contributed by atoms with Crippen LogP contribution < -0.4 is 10.0 Å². The van der Waals surface area contributed by atoms with Crippen molar-refractivity contribution in [2.75, 3.05) is 18.4 Å². The summed E-state index contributed by atoms with van der Waals surface area (Å²) >= 11 is 0. The molecule has 0 spiro atoms. The minimum Gasteiger partial charge on any atom is -0.452 e. The van der Waals surface area contributed by atoms with E-state index >= 15 is 0 Å². The van der Waals surface area contributed by atoms with Gasteiger partial charge >= 0.3 is 5.97 Å². The van der Waals surface area contributed by atoms with Crippen molar-refractivity contribution in [3.8, 4) is 0 Å². The number of aryl methyl sites for hydroxylation is 1. The summed E-state index contributed by atoms with van der Waals surface area (Å²) in [5.74, 6) is -1.24. The highest BCUT2D eigenvalue weighted by atomic mass is 32.2. The van der Waals surface area contributed by atoms with Crippen molar-refractivity contribution >= 4 is 27.6 Å². The monoisotopic (exact) mass is 362 g/mol. The lowest BCUT2D eigenvalue weighted by molar-refractivity contribution is -0.123. The molecule has 2 rings (SSSR count). The molecule has 132 valence electrons. The topological polar surface area (TPSA) is 102 Å². The minimum atomic E-state index is -3.86. The van der Waals surface area contributed by atoms with Gasteiger partial charge in [0.25, 0.3) is 15.9 Å². The first-order valence-corrected chi connectivity index (χ1v) is 8.87. The average molecular weight is 362 g/mol. The molecule has 2 aromatic carbocycles. The van der Waals surface area contributed by atoms with E-state index in [1.807, 2.05) is 13.0 Å². The highest BCUT2D eigenvalue weighted by Crippen LogP contribution is 2.18. The van der Waals surface area contributed by atoms with Gasteiger partial charge in [-0.15, -0.1) is 0 Å². The number of amides is 1. The number of anilines is 1. The van der Waals surface area contributed by atoms with E-state index in [-0.39, 0.29) is 10.5 Å². The molecular weight excluding hydrogens is 344 g/mol. The second-order valence-electron chi connectivity index (χ2n) is 5.25. The lowest BCUT2D eigenvalue weighted by Gasteiger charge is -2.10. The number of hydrogen-bond donors (Lipinski definition) is 2. The molecule has 0 aliphatic heterocycles. The van der Waals surface area contributed by atoms with Gasteiger partial charge in [-0.3, -0.25) is 9.52 Å². The zero-order chi connectivity index (χ0) is 18.4. The van der Waals surface area contributed by atoms with Crippen LogP contribution in [-0.2, 0) is 19.6 Å². The maximum atomic E-state index is 12.5. The van der Waals surface area contributed by atoms with Gasteiger partial charge in [0.1, 0.15) is 0 Å². The second-order valence-corrected chi connectivity index (χ2v) is 6.93. The summed E-state index contributed by atoms with van der Waals surface area (Å²) in [5, 5.41) is 2.32. The normalized spacial score (nSPS) is 10.8. The van der Waals surface area contributed by atoms with Crippen molar-refractivity contribution in [1.29, 1.82) is 0 Å². The van der Waals surface area contributed by atoms with Gasteiger partial charge in [0.05, 0.1) is 10.5 Å². The van der Waals surface area contributed by atoms with Crippen molar-refractivity contribution in [2.45, 2.75) is 11.8 Å². The Balaban J connectivity index is 2.19. The van der Waals surface area contributed by atoms with Crippen LogP contribution in [-0.4, -0.2) is 33.9 Å². The summed E-state index contributed by atoms with van der Waals surface area (Å²) in [6, 6.07) is 12.3. The molecule has 2 aromatic rings. The Morgan fingerprint density at radius 3 is 2.48 bits per heavy atom. The Morgan fingerprint density at radius 2 is 1.80 bits per heavy atom. The van der Waals surface area contributed by atoms with Gasteiger partial charge in [-0.05, 0) is 42.8 Å². The number of nitrogens with one attached hydrogen (secondary N) is 2. The molecule has 0 saturated heterocycles. The molecule has 7 nitrogen and oxygen atoms in total. The fourth-order valence-corrected chi connectivity index (χ4v) is 3.09. The summed E-state index contributed by atoms with van der Waals surface area (Å²) in [7, 11) is -2.44. The Bertz CT molecular complexity index is 893. The van der Waals surface area contributed by atoms with E-state index in [9.17, 15) is 18.0 Å². The van der Waals surface area contributed by atoms with Crippen molar-refractivity contribution in [2.24, 2.45) is 0 Å². The molecule has 8 heteroatoms. The van der Waals surface area contributed by atoms with E-state index in [1.54, 1.807) is 18.2 Å². The highest BCUT2D eigenvalue weighted by molar-refractivity contribution is 7.92. The summed E-state index contributed by atoms with van der Waals surface area (Å²) in [5.41, 5.74) is 1.37. The molecule has 25 heavy (non-hydrogen) atoms. The van der Waals surface area contributed by atoms with Gasteiger partial charge in [0.15, 0.2) is 6.61 Å². The maximum absolute atomic E-state index is 12.5. The molecule has 0 atom stereocenters. The van der Waals surface area contributed by atoms with Crippen LogP contribution in [0.4, 0.5) is 5.69 Å². The number of hydrogen-bond acceptors (Lipinski definition) is 5. The van der Waals surface area contributed by atoms with E-state index in [0.29, 0.717) is 5.69 Å². The number of ether oxygens (including phenoxy) is 1. The lowest BCUT2D eigenvalue weighted by atomic mass is 10.2. The smallest absolute Gasteiger partial charge is 0.338 e. The molecular formula is C17H18N2O5S. The van der Waals surface area contributed by atoms with Crippen LogP contribution in [0.3, 0.4) is 0 Å². The van der Waals surface area contributed by atoms with Crippen molar-refractivity contribution in [3.05, 3.63) is 59.7 Å². The highest BCUT2D eigenvalue weighted by Gasteiger charge is 2.17. The van der Waals surface area contributed by atoms with Gasteiger partial charge in [-0.1, -0.05) is 18.2 Å². The molecule has 2 N–H and O–H groups in total. The van der Waals surface area contributed by atoms with Crippen LogP contribution in [0.25, 0.3) is 0 Å². The lowest BCUT2D eigenvalue weighted by Crippen LogP contribution is -2.25. The van der Waals surface area contributed by atoms with Crippen LogP contribution in [0.2, 0.25) is 0 Å². The molecule has 1 amide bonds. The van der Waals surface area contributed by atoms with E-state index in [4.69, 9.17) is 4.74 Å². The van der Waals surface area contributed by atoms with E-state index < -0.39 is 28.5 Å². The third-order valence-corrected chi connectivity index (χ3v) is 4.64. The van der Waals surface area contributed by atoms with Crippen LogP contribution in [0.5, 0.6) is 0 Å². The third-order valence-electron chi connectivity index (χ3n) is 3.26. The van der Waals surface area contributed by atoms with Gasteiger partial charge in [0.2, 0.25) is 0 Å². The van der Waals surface area contributed by atoms with E-state index in [2.05, 4.69) is 10.0 Å². The molecule has 0 aromatic heterocycles. The minimum absolute atomic E-state index is 0.0380. The predicted molar refractivity (Wildman–Crippen MR) is 92.8 cm³/mol. The summed E-state index contributed by atoms with van der Waals surface area (Å²) < 4.78 is 32.2. The van der Waals surface area contributed by atoms with Gasteiger partial charge in [0, 0.05) is 12.7 Å². The van der Waals surface area contributed by atoms with Crippen molar-refractivity contribution in [3.63, 3.8) is 0 Å². The molecule has 0 aliphatic carbocycles. The van der Waals surface area contributed by atoms with E-state index in [1.165, 1.54) is 31.3 Å². The second kappa shape index (κ2) is 7.80. The number of likely N-dealkylation sites (N-methyl/N-ethyl adjacent to an activating group) is 1.